The number of carbonyl (C=O) groups is 1. The third kappa shape index (κ3) is 6.21. The van der Waals surface area contributed by atoms with Crippen LogP contribution in [0.15, 0.2) is 24.3 Å². The monoisotopic (exact) mass is 349 g/mol. The number of ether oxygens (including phenoxy) is 2. The van der Waals surface area contributed by atoms with Gasteiger partial charge in [-0.1, -0.05) is 26.0 Å². The van der Waals surface area contributed by atoms with E-state index in [1.165, 1.54) is 0 Å². The Morgan fingerprint density at radius 1 is 1.20 bits per heavy atom. The molecule has 140 valence electrons. The fraction of sp³-hybridized carbons (Fsp3) is 0.632. The van der Waals surface area contributed by atoms with Crippen molar-refractivity contribution in [3.63, 3.8) is 0 Å². The summed E-state index contributed by atoms with van der Waals surface area (Å²) in [5.41, 5.74) is 0.682. The van der Waals surface area contributed by atoms with Gasteiger partial charge in [0.05, 0.1) is 25.0 Å². The predicted octanol–water partition coefficient (Wildman–Crippen LogP) is 2.95. The summed E-state index contributed by atoms with van der Waals surface area (Å²) < 4.78 is 11.2. The fourth-order valence-electron chi connectivity index (χ4n) is 2.99. The molecular formula is C19H31N3O3. The minimum Gasteiger partial charge on any atom is -0.489 e. The van der Waals surface area contributed by atoms with E-state index in [0.29, 0.717) is 29.9 Å². The lowest BCUT2D eigenvalue weighted by Gasteiger charge is -2.36. The van der Waals surface area contributed by atoms with Gasteiger partial charge in [-0.15, -0.1) is 0 Å². The number of amides is 2. The van der Waals surface area contributed by atoms with Crippen molar-refractivity contribution >= 4 is 11.7 Å². The smallest absolute Gasteiger partial charge is 0.319 e. The summed E-state index contributed by atoms with van der Waals surface area (Å²) in [7, 11) is 0. The number of hydrogen-bond donors (Lipinski definition) is 2. The highest BCUT2D eigenvalue weighted by Gasteiger charge is 2.24. The first-order valence-corrected chi connectivity index (χ1v) is 9.09. The number of rotatable bonds is 7. The zero-order valence-electron chi connectivity index (χ0n) is 15.7. The molecule has 1 aromatic rings. The Kier molecular flexibility index (Phi) is 7.52. The topological polar surface area (TPSA) is 62.8 Å². The summed E-state index contributed by atoms with van der Waals surface area (Å²) in [6, 6.07) is 7.58. The van der Waals surface area contributed by atoms with Crippen molar-refractivity contribution in [3.05, 3.63) is 24.3 Å². The number of para-hydroxylation sites is 2. The third-order valence-electron chi connectivity index (χ3n) is 4.25. The SMILES string of the molecule is CC(C)Oc1ccccc1NC(=O)NCC(C(C)C)N1CCOCC1. The Bertz CT molecular complexity index is 542. The van der Waals surface area contributed by atoms with Gasteiger partial charge in [0.15, 0.2) is 0 Å². The van der Waals surface area contributed by atoms with Crippen molar-refractivity contribution in [1.29, 1.82) is 0 Å². The number of carbonyl (C=O) groups excluding carboxylic acids is 1. The second kappa shape index (κ2) is 9.63. The molecule has 0 saturated carbocycles. The summed E-state index contributed by atoms with van der Waals surface area (Å²) >= 11 is 0. The number of urea groups is 1. The van der Waals surface area contributed by atoms with Crippen LogP contribution in [0.4, 0.5) is 10.5 Å². The molecule has 1 atom stereocenters. The first kappa shape index (κ1) is 19.5. The molecule has 1 heterocycles. The second-order valence-corrected chi connectivity index (χ2v) is 6.96. The summed E-state index contributed by atoms with van der Waals surface area (Å²) in [6.07, 6.45) is 0.0534. The molecule has 0 aliphatic carbocycles. The van der Waals surface area contributed by atoms with E-state index in [-0.39, 0.29) is 12.1 Å². The van der Waals surface area contributed by atoms with Crippen LogP contribution in [0.25, 0.3) is 0 Å². The van der Waals surface area contributed by atoms with Crippen LogP contribution in [0.1, 0.15) is 27.7 Å². The molecule has 2 rings (SSSR count). The highest BCUT2D eigenvalue weighted by atomic mass is 16.5. The van der Waals surface area contributed by atoms with Crippen molar-refractivity contribution in [1.82, 2.24) is 10.2 Å². The van der Waals surface area contributed by atoms with E-state index in [9.17, 15) is 4.79 Å². The van der Waals surface area contributed by atoms with Crippen molar-refractivity contribution in [2.45, 2.75) is 39.8 Å². The maximum Gasteiger partial charge on any atom is 0.319 e. The molecule has 0 aromatic heterocycles. The Hall–Kier alpha value is -1.79. The maximum atomic E-state index is 12.3. The summed E-state index contributed by atoms with van der Waals surface area (Å²) in [6.45, 7) is 12.3. The van der Waals surface area contributed by atoms with Crippen LogP contribution >= 0.6 is 0 Å². The van der Waals surface area contributed by atoms with Crippen molar-refractivity contribution in [2.75, 3.05) is 38.2 Å². The minimum absolute atomic E-state index is 0.0534. The molecule has 1 aliphatic heterocycles. The molecule has 2 amide bonds. The van der Waals surface area contributed by atoms with Crippen LogP contribution in [-0.4, -0.2) is 55.9 Å². The maximum absolute atomic E-state index is 12.3. The van der Waals surface area contributed by atoms with Gasteiger partial charge in [0.2, 0.25) is 0 Å². The van der Waals surface area contributed by atoms with Gasteiger partial charge < -0.3 is 20.1 Å². The van der Waals surface area contributed by atoms with Crippen LogP contribution in [0.5, 0.6) is 5.75 Å². The molecule has 0 bridgehead atoms. The van der Waals surface area contributed by atoms with Crippen molar-refractivity contribution in [2.24, 2.45) is 5.92 Å². The van der Waals surface area contributed by atoms with Crippen LogP contribution in [0.2, 0.25) is 0 Å². The molecule has 6 nitrogen and oxygen atoms in total. The Morgan fingerprint density at radius 3 is 2.52 bits per heavy atom. The van der Waals surface area contributed by atoms with Crippen LogP contribution in [0, 0.1) is 5.92 Å². The van der Waals surface area contributed by atoms with Crippen LogP contribution in [-0.2, 0) is 4.74 Å². The normalized spacial score (nSPS) is 16.7. The number of hydrogen-bond acceptors (Lipinski definition) is 4. The van der Waals surface area contributed by atoms with Gasteiger partial charge in [-0.25, -0.2) is 4.79 Å². The molecule has 6 heteroatoms. The first-order chi connectivity index (χ1) is 12.0. The Morgan fingerprint density at radius 2 is 1.88 bits per heavy atom. The van der Waals surface area contributed by atoms with Gasteiger partial charge in [-0.3, -0.25) is 4.90 Å². The lowest BCUT2D eigenvalue weighted by atomic mass is 10.0. The van der Waals surface area contributed by atoms with E-state index in [1.54, 1.807) is 0 Å². The zero-order valence-corrected chi connectivity index (χ0v) is 15.7. The lowest BCUT2D eigenvalue weighted by molar-refractivity contribution is 0.00728. The number of nitrogens with one attached hydrogen (secondary N) is 2. The first-order valence-electron chi connectivity index (χ1n) is 9.09. The predicted molar refractivity (Wildman–Crippen MR) is 100 cm³/mol. The van der Waals surface area contributed by atoms with Gasteiger partial charge in [0.25, 0.3) is 0 Å². The van der Waals surface area contributed by atoms with Gasteiger partial charge in [-0.2, -0.15) is 0 Å². The molecule has 2 N–H and O–H groups in total. The molecular weight excluding hydrogens is 318 g/mol. The number of anilines is 1. The quantitative estimate of drug-likeness (QED) is 0.794. The zero-order chi connectivity index (χ0) is 18.2. The lowest BCUT2D eigenvalue weighted by Crippen LogP contribution is -2.51. The molecule has 0 spiro atoms. The standard InChI is InChI=1S/C19H31N3O3/c1-14(2)17(22-9-11-24-12-10-22)13-20-19(23)21-16-7-5-6-8-18(16)25-15(3)4/h5-8,14-15,17H,9-13H2,1-4H3,(H2,20,21,23). The molecule has 1 aromatic carbocycles. The van der Waals surface area contributed by atoms with Gasteiger partial charge in [0.1, 0.15) is 5.75 Å². The van der Waals surface area contributed by atoms with Crippen molar-refractivity contribution in [3.8, 4) is 5.75 Å². The fourth-order valence-corrected chi connectivity index (χ4v) is 2.99. The molecule has 1 unspecified atom stereocenters. The number of benzene rings is 1. The Balaban J connectivity index is 1.91. The highest BCUT2D eigenvalue weighted by molar-refractivity contribution is 5.90. The molecule has 1 saturated heterocycles. The number of morpholine rings is 1. The van der Waals surface area contributed by atoms with E-state index >= 15 is 0 Å². The average molecular weight is 349 g/mol. The Labute approximate surface area is 150 Å². The number of nitrogens with zero attached hydrogens (tertiary/aromatic N) is 1. The highest BCUT2D eigenvalue weighted by Crippen LogP contribution is 2.24. The van der Waals surface area contributed by atoms with Crippen LogP contribution < -0.4 is 15.4 Å². The minimum atomic E-state index is -0.210. The van der Waals surface area contributed by atoms with Gasteiger partial charge >= 0.3 is 6.03 Å². The second-order valence-electron chi connectivity index (χ2n) is 6.96. The molecule has 0 radical (unpaired) electrons. The van der Waals surface area contributed by atoms with Gasteiger partial charge in [-0.05, 0) is 31.9 Å². The van der Waals surface area contributed by atoms with E-state index in [1.807, 2.05) is 38.1 Å². The van der Waals surface area contributed by atoms with E-state index < -0.39 is 0 Å². The van der Waals surface area contributed by atoms with Crippen molar-refractivity contribution < 1.29 is 14.3 Å². The average Bonchev–Trinajstić information content (AvgIpc) is 2.57. The summed E-state index contributed by atoms with van der Waals surface area (Å²) in [5, 5.41) is 5.90. The largest absolute Gasteiger partial charge is 0.489 e. The van der Waals surface area contributed by atoms with E-state index in [0.717, 1.165) is 26.3 Å². The van der Waals surface area contributed by atoms with E-state index in [2.05, 4.69) is 29.4 Å². The molecule has 1 aliphatic rings. The van der Waals surface area contributed by atoms with E-state index in [4.69, 9.17) is 9.47 Å². The molecule has 25 heavy (non-hydrogen) atoms. The summed E-state index contributed by atoms with van der Waals surface area (Å²) in [5.74, 6) is 1.14. The van der Waals surface area contributed by atoms with Gasteiger partial charge in [0, 0.05) is 25.7 Å². The molecule has 1 fully saturated rings. The third-order valence-corrected chi connectivity index (χ3v) is 4.25. The summed E-state index contributed by atoms with van der Waals surface area (Å²) in [4.78, 5) is 14.7. The van der Waals surface area contributed by atoms with Crippen LogP contribution in [0.3, 0.4) is 0 Å².